The quantitative estimate of drug-likeness (QED) is 0.676. The van der Waals surface area contributed by atoms with Gasteiger partial charge in [0.1, 0.15) is 0 Å². The van der Waals surface area contributed by atoms with Crippen molar-refractivity contribution in [2.75, 3.05) is 5.32 Å². The standard InChI is InChI=1S/C16H12F3NO2/c17-11-6-7-12(16(19)15(11)18)20-14(22)9-8-13(21)10-4-2-1-3-5-10/h1-7H,8-9H2,(H,20,22). The zero-order valence-corrected chi connectivity index (χ0v) is 11.4. The summed E-state index contributed by atoms with van der Waals surface area (Å²) in [6.07, 6.45) is -0.257. The van der Waals surface area contributed by atoms with Crippen molar-refractivity contribution in [3.63, 3.8) is 0 Å². The van der Waals surface area contributed by atoms with Crippen LogP contribution < -0.4 is 5.32 Å². The highest BCUT2D eigenvalue weighted by Crippen LogP contribution is 2.20. The molecule has 0 unspecified atom stereocenters. The van der Waals surface area contributed by atoms with Crippen LogP contribution in [0.3, 0.4) is 0 Å². The number of Topliss-reactive ketones (excluding diaryl/α,β-unsaturated/α-hetero) is 1. The molecule has 0 aliphatic heterocycles. The van der Waals surface area contributed by atoms with Gasteiger partial charge in [0.15, 0.2) is 23.2 Å². The van der Waals surface area contributed by atoms with E-state index in [4.69, 9.17) is 0 Å². The number of hydrogen-bond donors (Lipinski definition) is 1. The van der Waals surface area contributed by atoms with E-state index in [0.29, 0.717) is 11.6 Å². The van der Waals surface area contributed by atoms with Crippen molar-refractivity contribution in [2.24, 2.45) is 0 Å². The summed E-state index contributed by atoms with van der Waals surface area (Å²) in [6, 6.07) is 10.0. The molecule has 0 aliphatic carbocycles. The normalized spacial score (nSPS) is 10.3. The molecule has 22 heavy (non-hydrogen) atoms. The fourth-order valence-electron chi connectivity index (χ4n) is 1.83. The van der Waals surface area contributed by atoms with E-state index in [9.17, 15) is 22.8 Å². The summed E-state index contributed by atoms with van der Waals surface area (Å²) < 4.78 is 39.2. The molecule has 1 N–H and O–H groups in total. The first-order valence-electron chi connectivity index (χ1n) is 6.50. The molecule has 0 bridgehead atoms. The van der Waals surface area contributed by atoms with Crippen LogP contribution in [0.1, 0.15) is 23.2 Å². The van der Waals surface area contributed by atoms with Gasteiger partial charge in [-0.3, -0.25) is 9.59 Å². The maximum atomic E-state index is 13.4. The van der Waals surface area contributed by atoms with Gasteiger partial charge in [-0.25, -0.2) is 13.2 Å². The fourth-order valence-corrected chi connectivity index (χ4v) is 1.83. The van der Waals surface area contributed by atoms with Crippen molar-refractivity contribution in [1.29, 1.82) is 0 Å². The molecule has 0 aromatic heterocycles. The molecule has 0 fully saturated rings. The monoisotopic (exact) mass is 307 g/mol. The Bertz CT molecular complexity index is 702. The van der Waals surface area contributed by atoms with E-state index in [1.165, 1.54) is 0 Å². The molecule has 1 amide bonds. The minimum atomic E-state index is -1.65. The predicted molar refractivity (Wildman–Crippen MR) is 75.0 cm³/mol. The molecule has 0 saturated carbocycles. The largest absolute Gasteiger partial charge is 0.323 e. The average molecular weight is 307 g/mol. The maximum absolute atomic E-state index is 13.4. The molecule has 114 valence electrons. The highest BCUT2D eigenvalue weighted by Gasteiger charge is 2.16. The molecule has 2 aromatic carbocycles. The van der Waals surface area contributed by atoms with E-state index in [1.54, 1.807) is 30.3 Å². The Kier molecular flexibility index (Phi) is 4.93. The Morgan fingerprint density at radius 1 is 0.864 bits per heavy atom. The Labute approximate surface area is 124 Å². The highest BCUT2D eigenvalue weighted by atomic mass is 19.2. The van der Waals surface area contributed by atoms with Crippen LogP contribution in [0.4, 0.5) is 18.9 Å². The van der Waals surface area contributed by atoms with E-state index in [1.807, 2.05) is 0 Å². The lowest BCUT2D eigenvalue weighted by molar-refractivity contribution is -0.116. The molecule has 0 saturated heterocycles. The van der Waals surface area contributed by atoms with Crippen molar-refractivity contribution in [3.05, 3.63) is 65.5 Å². The summed E-state index contributed by atoms with van der Waals surface area (Å²) >= 11 is 0. The SMILES string of the molecule is O=C(CCC(=O)c1ccccc1)Nc1ccc(F)c(F)c1F. The van der Waals surface area contributed by atoms with Crippen LogP contribution in [0.5, 0.6) is 0 Å². The van der Waals surface area contributed by atoms with E-state index in [2.05, 4.69) is 5.32 Å². The van der Waals surface area contributed by atoms with Crippen molar-refractivity contribution in [2.45, 2.75) is 12.8 Å². The Hall–Kier alpha value is -2.63. The minimum absolute atomic E-state index is 0.0683. The second-order valence-electron chi connectivity index (χ2n) is 4.56. The van der Waals surface area contributed by atoms with Crippen LogP contribution >= 0.6 is 0 Å². The molecule has 6 heteroatoms. The number of nitrogens with one attached hydrogen (secondary N) is 1. The first kappa shape index (κ1) is 15.8. The number of carbonyl (C=O) groups is 2. The van der Waals surface area contributed by atoms with Crippen molar-refractivity contribution >= 4 is 17.4 Å². The third-order valence-electron chi connectivity index (χ3n) is 2.98. The average Bonchev–Trinajstić information content (AvgIpc) is 2.54. The van der Waals surface area contributed by atoms with E-state index in [-0.39, 0.29) is 18.6 Å². The minimum Gasteiger partial charge on any atom is -0.323 e. The molecule has 3 nitrogen and oxygen atoms in total. The van der Waals surface area contributed by atoms with Gasteiger partial charge in [0.25, 0.3) is 0 Å². The number of rotatable bonds is 5. The fraction of sp³-hybridized carbons (Fsp3) is 0.125. The number of carbonyl (C=O) groups excluding carboxylic acids is 2. The smallest absolute Gasteiger partial charge is 0.224 e. The molecule has 0 spiro atoms. The zero-order valence-electron chi connectivity index (χ0n) is 11.4. The summed E-state index contributed by atoms with van der Waals surface area (Å²) in [5.41, 5.74) is 0.00497. The van der Waals surface area contributed by atoms with Gasteiger partial charge in [-0.15, -0.1) is 0 Å². The van der Waals surface area contributed by atoms with Gasteiger partial charge < -0.3 is 5.32 Å². The molecule has 0 atom stereocenters. The van der Waals surface area contributed by atoms with Crippen molar-refractivity contribution in [3.8, 4) is 0 Å². The van der Waals surface area contributed by atoms with Gasteiger partial charge in [-0.05, 0) is 12.1 Å². The third kappa shape index (κ3) is 3.72. The van der Waals surface area contributed by atoms with Gasteiger partial charge in [0, 0.05) is 18.4 Å². The second-order valence-corrected chi connectivity index (χ2v) is 4.56. The van der Waals surface area contributed by atoms with Crippen LogP contribution in [0.2, 0.25) is 0 Å². The van der Waals surface area contributed by atoms with Gasteiger partial charge in [0.2, 0.25) is 5.91 Å². The van der Waals surface area contributed by atoms with Crippen LogP contribution in [0.15, 0.2) is 42.5 Å². The summed E-state index contributed by atoms with van der Waals surface area (Å²) in [4.78, 5) is 23.5. The van der Waals surface area contributed by atoms with Gasteiger partial charge in [0.05, 0.1) is 5.69 Å². The maximum Gasteiger partial charge on any atom is 0.224 e. The van der Waals surface area contributed by atoms with Crippen LogP contribution in [-0.2, 0) is 4.79 Å². The first-order chi connectivity index (χ1) is 10.5. The predicted octanol–water partition coefficient (Wildman–Crippen LogP) is 3.71. The van der Waals surface area contributed by atoms with E-state index < -0.39 is 29.0 Å². The molecular formula is C16H12F3NO2. The Morgan fingerprint density at radius 2 is 1.55 bits per heavy atom. The lowest BCUT2D eigenvalue weighted by Crippen LogP contribution is -2.15. The van der Waals surface area contributed by atoms with Crippen LogP contribution in [-0.4, -0.2) is 11.7 Å². The summed E-state index contributed by atoms with van der Waals surface area (Å²) in [6.45, 7) is 0. The number of benzene rings is 2. The number of anilines is 1. The van der Waals surface area contributed by atoms with Crippen molar-refractivity contribution < 1.29 is 22.8 Å². The van der Waals surface area contributed by atoms with Crippen LogP contribution in [0.25, 0.3) is 0 Å². The highest BCUT2D eigenvalue weighted by molar-refractivity contribution is 5.99. The van der Waals surface area contributed by atoms with Crippen LogP contribution in [0, 0.1) is 17.5 Å². The lowest BCUT2D eigenvalue weighted by atomic mass is 10.1. The van der Waals surface area contributed by atoms with Gasteiger partial charge in [-0.2, -0.15) is 0 Å². The molecule has 2 rings (SSSR count). The lowest BCUT2D eigenvalue weighted by Gasteiger charge is -2.07. The number of ketones is 1. The summed E-state index contributed by atoms with van der Waals surface area (Å²) in [5, 5.41) is 2.11. The zero-order chi connectivity index (χ0) is 16.1. The molecule has 2 aromatic rings. The molecule has 0 aliphatic rings. The molecular weight excluding hydrogens is 295 g/mol. The van der Waals surface area contributed by atoms with Gasteiger partial charge in [-0.1, -0.05) is 30.3 Å². The van der Waals surface area contributed by atoms with Gasteiger partial charge >= 0.3 is 0 Å². The molecule has 0 heterocycles. The Balaban J connectivity index is 1.94. The topological polar surface area (TPSA) is 46.2 Å². The first-order valence-corrected chi connectivity index (χ1v) is 6.50. The van der Waals surface area contributed by atoms with Crippen molar-refractivity contribution in [1.82, 2.24) is 0 Å². The second kappa shape index (κ2) is 6.89. The summed E-state index contributed by atoms with van der Waals surface area (Å²) in [5.74, 6) is -5.36. The third-order valence-corrected chi connectivity index (χ3v) is 2.98. The number of hydrogen-bond acceptors (Lipinski definition) is 2. The summed E-state index contributed by atoms with van der Waals surface area (Å²) in [7, 11) is 0. The van der Waals surface area contributed by atoms with E-state index >= 15 is 0 Å². The Morgan fingerprint density at radius 3 is 2.23 bits per heavy atom. The molecule has 0 radical (unpaired) electrons. The number of amides is 1. The number of halogens is 3. The van der Waals surface area contributed by atoms with E-state index in [0.717, 1.165) is 6.07 Å².